The van der Waals surface area contributed by atoms with Crippen LogP contribution in [-0.2, 0) is 17.8 Å². The second kappa shape index (κ2) is 8.14. The summed E-state index contributed by atoms with van der Waals surface area (Å²) in [5.41, 5.74) is 1.94. The highest BCUT2D eigenvalue weighted by Gasteiger charge is 2.13. The van der Waals surface area contributed by atoms with E-state index >= 15 is 0 Å². The monoisotopic (exact) mass is 279 g/mol. The van der Waals surface area contributed by atoms with Crippen LogP contribution in [0.25, 0.3) is 0 Å². The molecule has 6 nitrogen and oxygen atoms in total. The molecule has 0 saturated carbocycles. The molecule has 0 atom stereocenters. The molecule has 1 aromatic rings. The quantitative estimate of drug-likeness (QED) is 0.795. The van der Waals surface area contributed by atoms with E-state index in [1.807, 2.05) is 26.0 Å². The molecule has 0 bridgehead atoms. The zero-order valence-corrected chi connectivity index (χ0v) is 11.9. The number of carboxylic acids is 1. The van der Waals surface area contributed by atoms with Crippen molar-refractivity contribution in [3.05, 3.63) is 29.6 Å². The molecule has 1 heterocycles. The van der Waals surface area contributed by atoms with E-state index in [1.54, 1.807) is 6.20 Å². The van der Waals surface area contributed by atoms with E-state index in [0.717, 1.165) is 17.7 Å². The number of nitrogens with one attached hydrogen (secondary N) is 1. The fraction of sp³-hybridized carbons (Fsp3) is 0.500. The first-order valence-electron chi connectivity index (χ1n) is 6.75. The summed E-state index contributed by atoms with van der Waals surface area (Å²) in [7, 11) is 0. The van der Waals surface area contributed by atoms with Gasteiger partial charge in [0.25, 0.3) is 0 Å². The number of aromatic nitrogens is 1. The van der Waals surface area contributed by atoms with Gasteiger partial charge in [0, 0.05) is 19.3 Å². The van der Waals surface area contributed by atoms with Crippen LogP contribution in [0.15, 0.2) is 18.3 Å². The van der Waals surface area contributed by atoms with Gasteiger partial charge in [-0.3, -0.25) is 9.78 Å². The third kappa shape index (κ3) is 4.87. The summed E-state index contributed by atoms with van der Waals surface area (Å²) < 4.78 is 0. The highest BCUT2D eigenvalue weighted by Crippen LogP contribution is 2.06. The molecule has 110 valence electrons. The molecule has 0 aliphatic carbocycles. The maximum absolute atomic E-state index is 12.0. The molecule has 0 aliphatic rings. The molecule has 0 radical (unpaired) electrons. The molecule has 0 fully saturated rings. The Morgan fingerprint density at radius 3 is 2.75 bits per heavy atom. The Bertz CT molecular complexity index is 463. The predicted octanol–water partition coefficient (Wildman–Crippen LogP) is 1.65. The summed E-state index contributed by atoms with van der Waals surface area (Å²) >= 11 is 0. The van der Waals surface area contributed by atoms with Crippen LogP contribution in [0.5, 0.6) is 0 Å². The van der Waals surface area contributed by atoms with Crippen LogP contribution < -0.4 is 5.32 Å². The molecule has 6 heteroatoms. The number of aryl methyl sites for hydroxylation is 1. The SMILES string of the molecule is CCc1cccnc1CNC(=O)N(CC)CCC(=O)O. The summed E-state index contributed by atoms with van der Waals surface area (Å²) in [6, 6.07) is 3.59. The molecule has 0 aromatic carbocycles. The lowest BCUT2D eigenvalue weighted by Gasteiger charge is -2.20. The van der Waals surface area contributed by atoms with Gasteiger partial charge >= 0.3 is 12.0 Å². The number of carboxylic acid groups (broad SMARTS) is 1. The minimum atomic E-state index is -0.908. The first-order valence-corrected chi connectivity index (χ1v) is 6.75. The lowest BCUT2D eigenvalue weighted by molar-refractivity contribution is -0.137. The number of urea groups is 1. The number of pyridine rings is 1. The minimum Gasteiger partial charge on any atom is -0.481 e. The number of hydrogen-bond acceptors (Lipinski definition) is 3. The number of carbonyl (C=O) groups excluding carboxylic acids is 1. The molecule has 0 aliphatic heterocycles. The standard InChI is InChI=1S/C14H21N3O3/c1-3-11-6-5-8-15-12(11)10-16-14(20)17(4-2)9-7-13(18)19/h5-6,8H,3-4,7,9-10H2,1-2H3,(H,16,20)(H,18,19). The van der Waals surface area contributed by atoms with E-state index in [-0.39, 0.29) is 19.0 Å². The summed E-state index contributed by atoms with van der Waals surface area (Å²) in [6.45, 7) is 4.89. The second-order valence-corrected chi connectivity index (χ2v) is 4.34. The van der Waals surface area contributed by atoms with E-state index in [4.69, 9.17) is 5.11 Å². The number of carbonyl (C=O) groups is 2. The molecule has 20 heavy (non-hydrogen) atoms. The van der Waals surface area contributed by atoms with Crippen molar-refractivity contribution >= 4 is 12.0 Å². The molecular weight excluding hydrogens is 258 g/mol. The number of hydrogen-bond donors (Lipinski definition) is 2. The van der Waals surface area contributed by atoms with Gasteiger partial charge in [-0.15, -0.1) is 0 Å². The second-order valence-electron chi connectivity index (χ2n) is 4.34. The van der Waals surface area contributed by atoms with Crippen LogP contribution in [0, 0.1) is 0 Å². The molecule has 0 saturated heterocycles. The van der Waals surface area contributed by atoms with Crippen molar-refractivity contribution in [1.82, 2.24) is 15.2 Å². The van der Waals surface area contributed by atoms with Gasteiger partial charge in [-0.2, -0.15) is 0 Å². The van der Waals surface area contributed by atoms with Crippen LogP contribution >= 0.6 is 0 Å². The van der Waals surface area contributed by atoms with Crippen LogP contribution in [0.1, 0.15) is 31.5 Å². The molecule has 1 rings (SSSR count). The van der Waals surface area contributed by atoms with Crippen LogP contribution in [0.2, 0.25) is 0 Å². The lowest BCUT2D eigenvalue weighted by atomic mass is 10.1. The van der Waals surface area contributed by atoms with E-state index < -0.39 is 5.97 Å². The summed E-state index contributed by atoms with van der Waals surface area (Å²) in [4.78, 5) is 28.2. The van der Waals surface area contributed by atoms with Crippen LogP contribution in [0.3, 0.4) is 0 Å². The van der Waals surface area contributed by atoms with Crippen molar-refractivity contribution in [3.63, 3.8) is 0 Å². The highest BCUT2D eigenvalue weighted by atomic mass is 16.4. The Kier molecular flexibility index (Phi) is 6.49. The van der Waals surface area contributed by atoms with E-state index in [9.17, 15) is 9.59 Å². The van der Waals surface area contributed by atoms with Gasteiger partial charge < -0.3 is 15.3 Å². The van der Waals surface area contributed by atoms with Gasteiger partial charge in [0.05, 0.1) is 18.7 Å². The van der Waals surface area contributed by atoms with Gasteiger partial charge in [0.15, 0.2) is 0 Å². The molecule has 2 amide bonds. The number of aliphatic carboxylic acids is 1. The van der Waals surface area contributed by atoms with Crippen LogP contribution in [0.4, 0.5) is 4.79 Å². The Morgan fingerprint density at radius 1 is 1.40 bits per heavy atom. The van der Waals surface area contributed by atoms with Gasteiger partial charge in [-0.25, -0.2) is 4.79 Å². The van der Waals surface area contributed by atoms with Crippen molar-refractivity contribution in [2.75, 3.05) is 13.1 Å². The normalized spacial score (nSPS) is 10.1. The minimum absolute atomic E-state index is 0.0505. The van der Waals surface area contributed by atoms with E-state index in [0.29, 0.717) is 13.1 Å². The first-order chi connectivity index (χ1) is 9.58. The maximum atomic E-state index is 12.0. The fourth-order valence-corrected chi connectivity index (χ4v) is 1.86. The van der Waals surface area contributed by atoms with Crippen molar-refractivity contribution in [1.29, 1.82) is 0 Å². The van der Waals surface area contributed by atoms with Crippen molar-refractivity contribution < 1.29 is 14.7 Å². The topological polar surface area (TPSA) is 82.5 Å². The van der Waals surface area contributed by atoms with Crippen molar-refractivity contribution in [2.45, 2.75) is 33.2 Å². The number of rotatable bonds is 7. The number of nitrogens with zero attached hydrogens (tertiary/aromatic N) is 2. The molecule has 1 aromatic heterocycles. The van der Waals surface area contributed by atoms with Gasteiger partial charge in [-0.05, 0) is 25.0 Å². The smallest absolute Gasteiger partial charge is 0.317 e. The summed E-state index contributed by atoms with van der Waals surface area (Å²) in [5, 5.41) is 11.4. The Morgan fingerprint density at radius 2 is 2.15 bits per heavy atom. The summed E-state index contributed by atoms with van der Waals surface area (Å²) in [5.74, 6) is -0.908. The molecule has 0 unspecified atom stereocenters. The lowest BCUT2D eigenvalue weighted by Crippen LogP contribution is -2.40. The van der Waals surface area contributed by atoms with E-state index in [1.165, 1.54) is 4.90 Å². The highest BCUT2D eigenvalue weighted by molar-refractivity contribution is 5.75. The third-order valence-corrected chi connectivity index (χ3v) is 3.04. The largest absolute Gasteiger partial charge is 0.481 e. The van der Waals surface area contributed by atoms with Crippen molar-refractivity contribution in [2.24, 2.45) is 0 Å². The average Bonchev–Trinajstić information content (AvgIpc) is 2.45. The molecule has 0 spiro atoms. The fourth-order valence-electron chi connectivity index (χ4n) is 1.86. The zero-order chi connectivity index (χ0) is 15.0. The maximum Gasteiger partial charge on any atom is 0.317 e. The van der Waals surface area contributed by atoms with Gasteiger partial charge in [0.1, 0.15) is 0 Å². The van der Waals surface area contributed by atoms with Crippen molar-refractivity contribution in [3.8, 4) is 0 Å². The van der Waals surface area contributed by atoms with Crippen LogP contribution in [-0.4, -0.2) is 40.1 Å². The zero-order valence-electron chi connectivity index (χ0n) is 11.9. The first kappa shape index (κ1) is 15.9. The Balaban J connectivity index is 2.54. The van der Waals surface area contributed by atoms with E-state index in [2.05, 4.69) is 10.3 Å². The molecule has 2 N–H and O–H groups in total. The Labute approximate surface area is 118 Å². The van der Waals surface area contributed by atoms with Gasteiger partial charge in [0.2, 0.25) is 0 Å². The Hall–Kier alpha value is -2.11. The predicted molar refractivity (Wildman–Crippen MR) is 75.4 cm³/mol. The van der Waals surface area contributed by atoms with Gasteiger partial charge in [-0.1, -0.05) is 13.0 Å². The summed E-state index contributed by atoms with van der Waals surface area (Å²) in [6.07, 6.45) is 2.50. The number of amides is 2. The average molecular weight is 279 g/mol. The third-order valence-electron chi connectivity index (χ3n) is 3.04. The molecular formula is C14H21N3O3.